The van der Waals surface area contributed by atoms with Crippen molar-refractivity contribution in [2.24, 2.45) is 0 Å². The normalized spacial score (nSPS) is 11.5. The maximum atomic E-state index is 13.7. The van der Waals surface area contributed by atoms with Gasteiger partial charge in [-0.15, -0.1) is 0 Å². The Morgan fingerprint density at radius 1 is 0.667 bits per heavy atom. The number of carbonyl (C=O) groups is 2. The second-order valence-corrected chi connectivity index (χ2v) is 8.72. The van der Waals surface area contributed by atoms with Crippen molar-refractivity contribution >= 4 is 11.8 Å². The summed E-state index contributed by atoms with van der Waals surface area (Å²) in [6, 6.07) is 34.1. The Kier molecular flexibility index (Phi) is 8.60. The standard InChI is InChI=1S/C31H29FN2O2/c32-28-18-16-27(17-19-28)23-34(30(35)21-25-12-6-2-7-13-25)29(20-24-10-4-1-5-11-24)31(36)33-22-26-14-8-3-9-15-26/h1-19,29H,20-23H2,(H,33,36). The van der Waals surface area contributed by atoms with Gasteiger partial charge in [0.1, 0.15) is 11.9 Å². The lowest BCUT2D eigenvalue weighted by Crippen LogP contribution is -2.50. The minimum Gasteiger partial charge on any atom is -0.350 e. The molecule has 0 aromatic heterocycles. The van der Waals surface area contributed by atoms with Gasteiger partial charge in [0, 0.05) is 19.5 Å². The number of nitrogens with one attached hydrogen (secondary N) is 1. The van der Waals surface area contributed by atoms with Crippen LogP contribution >= 0.6 is 0 Å². The van der Waals surface area contributed by atoms with E-state index in [1.54, 1.807) is 17.0 Å². The Bertz CT molecular complexity index is 1250. The molecule has 0 radical (unpaired) electrons. The van der Waals surface area contributed by atoms with Crippen molar-refractivity contribution in [2.75, 3.05) is 0 Å². The van der Waals surface area contributed by atoms with Gasteiger partial charge in [0.25, 0.3) is 0 Å². The van der Waals surface area contributed by atoms with Gasteiger partial charge in [0.15, 0.2) is 0 Å². The molecular weight excluding hydrogens is 451 g/mol. The SMILES string of the molecule is O=C(NCc1ccccc1)C(Cc1ccccc1)N(Cc1ccc(F)cc1)C(=O)Cc1ccccc1. The lowest BCUT2D eigenvalue weighted by Gasteiger charge is -2.31. The van der Waals surface area contributed by atoms with Gasteiger partial charge < -0.3 is 10.2 Å². The Morgan fingerprint density at radius 2 is 1.19 bits per heavy atom. The van der Waals surface area contributed by atoms with Crippen LogP contribution in [0.1, 0.15) is 22.3 Å². The van der Waals surface area contributed by atoms with Crippen LogP contribution in [0.4, 0.5) is 4.39 Å². The number of carbonyl (C=O) groups excluding carboxylic acids is 2. The first-order valence-electron chi connectivity index (χ1n) is 12.0. The number of benzene rings is 4. The molecule has 0 spiro atoms. The summed E-state index contributed by atoms with van der Waals surface area (Å²) in [6.07, 6.45) is 0.530. The highest BCUT2D eigenvalue weighted by Crippen LogP contribution is 2.17. The summed E-state index contributed by atoms with van der Waals surface area (Å²) in [7, 11) is 0. The molecule has 36 heavy (non-hydrogen) atoms. The molecule has 5 heteroatoms. The number of hydrogen-bond acceptors (Lipinski definition) is 2. The molecule has 0 saturated heterocycles. The molecule has 4 rings (SSSR count). The van der Waals surface area contributed by atoms with Crippen molar-refractivity contribution in [1.82, 2.24) is 10.2 Å². The fraction of sp³-hybridized carbons (Fsp3) is 0.161. The monoisotopic (exact) mass is 480 g/mol. The van der Waals surface area contributed by atoms with Gasteiger partial charge in [-0.3, -0.25) is 9.59 Å². The van der Waals surface area contributed by atoms with Gasteiger partial charge in [-0.25, -0.2) is 4.39 Å². The molecule has 4 aromatic carbocycles. The fourth-order valence-electron chi connectivity index (χ4n) is 4.12. The van der Waals surface area contributed by atoms with E-state index in [0.29, 0.717) is 13.0 Å². The van der Waals surface area contributed by atoms with E-state index in [-0.39, 0.29) is 30.6 Å². The van der Waals surface area contributed by atoms with Crippen LogP contribution in [0.5, 0.6) is 0 Å². The first kappa shape index (κ1) is 24.9. The lowest BCUT2D eigenvalue weighted by atomic mass is 10.0. The summed E-state index contributed by atoms with van der Waals surface area (Å²) in [5, 5.41) is 3.02. The van der Waals surface area contributed by atoms with Gasteiger partial charge >= 0.3 is 0 Å². The van der Waals surface area contributed by atoms with Crippen molar-refractivity contribution in [3.05, 3.63) is 143 Å². The van der Waals surface area contributed by atoms with Gasteiger partial charge in [-0.2, -0.15) is 0 Å². The van der Waals surface area contributed by atoms with E-state index in [1.165, 1.54) is 12.1 Å². The minimum absolute atomic E-state index is 0.165. The Balaban J connectivity index is 1.63. The van der Waals surface area contributed by atoms with Crippen LogP contribution in [-0.4, -0.2) is 22.8 Å². The van der Waals surface area contributed by atoms with Gasteiger partial charge in [0.2, 0.25) is 11.8 Å². The first-order valence-corrected chi connectivity index (χ1v) is 12.0. The average molecular weight is 481 g/mol. The van der Waals surface area contributed by atoms with Crippen LogP contribution in [0.15, 0.2) is 115 Å². The van der Waals surface area contributed by atoms with Crippen LogP contribution in [-0.2, 0) is 35.5 Å². The van der Waals surface area contributed by atoms with Crippen LogP contribution < -0.4 is 5.32 Å². The smallest absolute Gasteiger partial charge is 0.243 e. The molecule has 0 fully saturated rings. The molecule has 182 valence electrons. The van der Waals surface area contributed by atoms with Crippen molar-refractivity contribution in [3.63, 3.8) is 0 Å². The third kappa shape index (κ3) is 7.12. The van der Waals surface area contributed by atoms with Crippen LogP contribution in [0.25, 0.3) is 0 Å². The molecule has 0 heterocycles. The van der Waals surface area contributed by atoms with Crippen molar-refractivity contribution < 1.29 is 14.0 Å². The highest BCUT2D eigenvalue weighted by Gasteiger charge is 2.30. The topological polar surface area (TPSA) is 49.4 Å². The molecule has 1 N–H and O–H groups in total. The zero-order chi connectivity index (χ0) is 25.2. The maximum Gasteiger partial charge on any atom is 0.243 e. The second-order valence-electron chi connectivity index (χ2n) is 8.72. The van der Waals surface area contributed by atoms with E-state index < -0.39 is 6.04 Å². The van der Waals surface area contributed by atoms with Crippen molar-refractivity contribution in [3.8, 4) is 0 Å². The quantitative estimate of drug-likeness (QED) is 0.334. The first-order chi connectivity index (χ1) is 17.6. The zero-order valence-electron chi connectivity index (χ0n) is 20.0. The Morgan fingerprint density at radius 3 is 1.78 bits per heavy atom. The number of hydrogen-bond donors (Lipinski definition) is 1. The predicted octanol–water partition coefficient (Wildman–Crippen LogP) is 5.32. The van der Waals surface area contributed by atoms with E-state index in [2.05, 4.69) is 5.32 Å². The zero-order valence-corrected chi connectivity index (χ0v) is 20.0. The van der Waals surface area contributed by atoms with Crippen LogP contribution in [0, 0.1) is 5.82 Å². The predicted molar refractivity (Wildman–Crippen MR) is 139 cm³/mol. The molecule has 0 aliphatic heterocycles. The third-order valence-corrected chi connectivity index (χ3v) is 6.05. The molecule has 1 atom stereocenters. The van der Waals surface area contributed by atoms with Crippen molar-refractivity contribution in [1.29, 1.82) is 0 Å². The summed E-state index contributed by atoms with van der Waals surface area (Å²) in [4.78, 5) is 28.9. The summed E-state index contributed by atoms with van der Waals surface area (Å²) in [5.41, 5.74) is 3.56. The molecule has 4 aromatic rings. The molecule has 0 saturated carbocycles. The Hall–Kier alpha value is -4.25. The maximum absolute atomic E-state index is 13.7. The van der Waals surface area contributed by atoms with E-state index in [9.17, 15) is 14.0 Å². The molecule has 2 amide bonds. The van der Waals surface area contributed by atoms with E-state index >= 15 is 0 Å². The summed E-state index contributed by atoms with van der Waals surface area (Å²) >= 11 is 0. The number of nitrogens with zero attached hydrogens (tertiary/aromatic N) is 1. The van der Waals surface area contributed by atoms with Crippen LogP contribution in [0.3, 0.4) is 0 Å². The molecular formula is C31H29FN2O2. The number of amides is 2. The summed E-state index contributed by atoms with van der Waals surface area (Å²) in [5.74, 6) is -0.741. The molecule has 1 unspecified atom stereocenters. The van der Waals surface area contributed by atoms with E-state index in [1.807, 2.05) is 91.0 Å². The summed E-state index contributed by atoms with van der Waals surface area (Å²) < 4.78 is 13.6. The number of halogens is 1. The molecule has 0 aliphatic rings. The minimum atomic E-state index is -0.739. The van der Waals surface area contributed by atoms with Gasteiger partial charge in [0.05, 0.1) is 6.42 Å². The highest BCUT2D eigenvalue weighted by atomic mass is 19.1. The molecule has 0 bridgehead atoms. The molecule has 4 nitrogen and oxygen atoms in total. The lowest BCUT2D eigenvalue weighted by molar-refractivity contribution is -0.140. The fourth-order valence-corrected chi connectivity index (χ4v) is 4.12. The summed E-state index contributed by atoms with van der Waals surface area (Å²) in [6.45, 7) is 0.560. The van der Waals surface area contributed by atoms with E-state index in [4.69, 9.17) is 0 Å². The van der Waals surface area contributed by atoms with Crippen molar-refractivity contribution in [2.45, 2.75) is 32.0 Å². The van der Waals surface area contributed by atoms with Gasteiger partial charge in [-0.05, 0) is 34.4 Å². The number of rotatable bonds is 10. The third-order valence-electron chi connectivity index (χ3n) is 6.05. The van der Waals surface area contributed by atoms with E-state index in [0.717, 1.165) is 22.3 Å². The molecule has 0 aliphatic carbocycles. The van der Waals surface area contributed by atoms with Gasteiger partial charge in [-0.1, -0.05) is 103 Å². The average Bonchev–Trinajstić information content (AvgIpc) is 2.92. The Labute approximate surface area is 211 Å². The second kappa shape index (κ2) is 12.5. The largest absolute Gasteiger partial charge is 0.350 e. The highest BCUT2D eigenvalue weighted by molar-refractivity contribution is 5.88. The van der Waals surface area contributed by atoms with Crippen LogP contribution in [0.2, 0.25) is 0 Å².